The molecule has 2 aromatic carbocycles. The lowest BCUT2D eigenvalue weighted by Crippen LogP contribution is -3.00. The summed E-state index contributed by atoms with van der Waals surface area (Å²) in [7, 11) is 3.70. The van der Waals surface area contributed by atoms with Crippen LogP contribution in [-0.4, -0.2) is 30.7 Å². The Morgan fingerprint density at radius 3 is 2.62 bits per heavy atom. The highest BCUT2D eigenvalue weighted by Gasteiger charge is 2.20. The molecule has 112 valence electrons. The predicted molar refractivity (Wildman–Crippen MR) is 80.1 cm³/mol. The third-order valence-electron chi connectivity index (χ3n) is 3.94. The van der Waals surface area contributed by atoms with E-state index in [1.54, 1.807) is 7.11 Å². The van der Waals surface area contributed by atoms with Crippen LogP contribution in [0.5, 0.6) is 11.5 Å². The Labute approximate surface area is 131 Å². The average molecular weight is 305 g/mol. The van der Waals surface area contributed by atoms with Gasteiger partial charge in [0, 0.05) is 18.7 Å². The van der Waals surface area contributed by atoms with Gasteiger partial charge >= 0.3 is 0 Å². The first-order valence-electron chi connectivity index (χ1n) is 6.86. The molecule has 0 fully saturated rings. The maximum absolute atomic E-state index is 10.5. The van der Waals surface area contributed by atoms with Gasteiger partial charge in [0.15, 0.2) is 11.5 Å². The SMILES string of the molecule is COc1ccc2c(c1O)-c1ccccc1CCN(C)C2.[Cl-]. The second-order valence-corrected chi connectivity index (χ2v) is 5.30. The van der Waals surface area contributed by atoms with Gasteiger partial charge in [-0.05, 0) is 36.2 Å². The van der Waals surface area contributed by atoms with Crippen LogP contribution < -0.4 is 17.1 Å². The molecular weight excluding hydrogens is 286 g/mol. The Morgan fingerprint density at radius 1 is 1.10 bits per heavy atom. The van der Waals surface area contributed by atoms with E-state index in [-0.39, 0.29) is 18.2 Å². The first-order chi connectivity index (χ1) is 9.70. The van der Waals surface area contributed by atoms with Gasteiger partial charge < -0.3 is 27.2 Å². The number of methoxy groups -OCH3 is 1. The summed E-state index contributed by atoms with van der Waals surface area (Å²) in [6.07, 6.45) is 0.989. The summed E-state index contributed by atoms with van der Waals surface area (Å²) in [6, 6.07) is 12.2. The number of halogens is 1. The van der Waals surface area contributed by atoms with Crippen LogP contribution in [-0.2, 0) is 13.0 Å². The fourth-order valence-corrected chi connectivity index (χ4v) is 2.87. The Bertz CT molecular complexity index is 643. The molecule has 1 heterocycles. The average Bonchev–Trinajstić information content (AvgIpc) is 2.44. The Balaban J connectivity index is 0.00000161. The van der Waals surface area contributed by atoms with Gasteiger partial charge in [0.2, 0.25) is 0 Å². The molecule has 0 saturated heterocycles. The van der Waals surface area contributed by atoms with Gasteiger partial charge in [0.25, 0.3) is 0 Å². The molecule has 4 heteroatoms. The molecule has 0 atom stereocenters. The number of fused-ring (bicyclic) bond motifs is 3. The van der Waals surface area contributed by atoms with E-state index in [2.05, 4.69) is 30.1 Å². The van der Waals surface area contributed by atoms with Crippen molar-refractivity contribution in [2.75, 3.05) is 20.7 Å². The van der Waals surface area contributed by atoms with E-state index in [1.807, 2.05) is 18.2 Å². The van der Waals surface area contributed by atoms with Crippen LogP contribution in [0.2, 0.25) is 0 Å². The van der Waals surface area contributed by atoms with E-state index < -0.39 is 0 Å². The lowest BCUT2D eigenvalue weighted by Gasteiger charge is -2.25. The standard InChI is InChI=1S/C17H19NO2.ClH/c1-18-10-9-12-5-3-4-6-14(12)16-13(11-18)7-8-15(20-2)17(16)19;/h3-8,19H,9-11H2,1-2H3;1H/p-1. The maximum atomic E-state index is 10.5. The predicted octanol–water partition coefficient (Wildman–Crippen LogP) is 0.0597. The van der Waals surface area contributed by atoms with Crippen molar-refractivity contribution in [2.24, 2.45) is 0 Å². The highest BCUT2D eigenvalue weighted by atomic mass is 35.5. The number of likely N-dealkylation sites (N-methyl/N-ethyl adjacent to an activating group) is 1. The van der Waals surface area contributed by atoms with E-state index in [0.717, 1.165) is 36.2 Å². The van der Waals surface area contributed by atoms with Crippen molar-refractivity contribution in [3.8, 4) is 22.6 Å². The summed E-state index contributed by atoms with van der Waals surface area (Å²) in [4.78, 5) is 2.28. The van der Waals surface area contributed by atoms with Crippen molar-refractivity contribution in [3.63, 3.8) is 0 Å². The first-order valence-corrected chi connectivity index (χ1v) is 6.86. The molecule has 21 heavy (non-hydrogen) atoms. The lowest BCUT2D eigenvalue weighted by atomic mass is 9.91. The third-order valence-corrected chi connectivity index (χ3v) is 3.94. The number of benzene rings is 2. The molecule has 0 spiro atoms. The number of hydrogen-bond acceptors (Lipinski definition) is 3. The van der Waals surface area contributed by atoms with Crippen LogP contribution >= 0.6 is 0 Å². The summed E-state index contributed by atoms with van der Waals surface area (Å²) in [5.41, 5.74) is 4.43. The van der Waals surface area contributed by atoms with Crippen LogP contribution in [0.4, 0.5) is 0 Å². The second kappa shape index (κ2) is 6.37. The van der Waals surface area contributed by atoms with Crippen LogP contribution in [0.15, 0.2) is 36.4 Å². The molecule has 0 aliphatic carbocycles. The van der Waals surface area contributed by atoms with Crippen LogP contribution in [0.25, 0.3) is 11.1 Å². The smallest absolute Gasteiger partial charge is 0.166 e. The summed E-state index contributed by atoms with van der Waals surface area (Å²) in [5, 5.41) is 10.5. The molecule has 1 N–H and O–H groups in total. The van der Waals surface area contributed by atoms with Gasteiger partial charge in [-0.25, -0.2) is 0 Å². The molecular formula is C17H19ClNO2-. The summed E-state index contributed by atoms with van der Waals surface area (Å²) >= 11 is 0. The van der Waals surface area contributed by atoms with Gasteiger partial charge in [0.05, 0.1) is 7.11 Å². The highest BCUT2D eigenvalue weighted by molar-refractivity contribution is 5.79. The summed E-state index contributed by atoms with van der Waals surface area (Å²) in [5.74, 6) is 0.773. The second-order valence-electron chi connectivity index (χ2n) is 5.30. The zero-order chi connectivity index (χ0) is 14.1. The molecule has 0 saturated carbocycles. The normalized spacial score (nSPS) is 14.2. The van der Waals surface area contributed by atoms with E-state index in [4.69, 9.17) is 4.74 Å². The number of aromatic hydroxyl groups is 1. The van der Waals surface area contributed by atoms with E-state index in [9.17, 15) is 5.11 Å². The van der Waals surface area contributed by atoms with Crippen molar-refractivity contribution >= 4 is 0 Å². The molecule has 1 aliphatic rings. The Kier molecular flexibility index (Phi) is 4.76. The largest absolute Gasteiger partial charge is 1.00 e. The number of nitrogens with zero attached hydrogens (tertiary/aromatic N) is 1. The number of rotatable bonds is 1. The Morgan fingerprint density at radius 2 is 1.86 bits per heavy atom. The van der Waals surface area contributed by atoms with Crippen molar-refractivity contribution in [3.05, 3.63) is 47.5 Å². The van der Waals surface area contributed by atoms with E-state index in [0.29, 0.717) is 5.75 Å². The maximum Gasteiger partial charge on any atom is 0.166 e. The molecule has 0 aromatic heterocycles. The molecule has 1 aliphatic heterocycles. The fourth-order valence-electron chi connectivity index (χ4n) is 2.87. The van der Waals surface area contributed by atoms with Crippen molar-refractivity contribution < 1.29 is 22.3 Å². The number of phenols is 1. The third kappa shape index (κ3) is 2.85. The van der Waals surface area contributed by atoms with Crippen LogP contribution in [0.1, 0.15) is 11.1 Å². The van der Waals surface area contributed by atoms with Crippen LogP contribution in [0.3, 0.4) is 0 Å². The topological polar surface area (TPSA) is 32.7 Å². The minimum atomic E-state index is 0. The van der Waals surface area contributed by atoms with Gasteiger partial charge in [0.1, 0.15) is 0 Å². The molecule has 3 nitrogen and oxygen atoms in total. The first kappa shape index (κ1) is 15.7. The Hall–Kier alpha value is -1.71. The van der Waals surface area contributed by atoms with Crippen molar-refractivity contribution in [1.29, 1.82) is 0 Å². The van der Waals surface area contributed by atoms with Gasteiger partial charge in [-0.15, -0.1) is 0 Å². The molecule has 0 amide bonds. The van der Waals surface area contributed by atoms with E-state index >= 15 is 0 Å². The number of phenolic OH excluding ortho intramolecular Hbond substituents is 1. The van der Waals surface area contributed by atoms with Crippen LogP contribution in [0, 0.1) is 0 Å². The quantitative estimate of drug-likeness (QED) is 0.809. The van der Waals surface area contributed by atoms with E-state index in [1.165, 1.54) is 5.56 Å². The summed E-state index contributed by atoms with van der Waals surface area (Å²) < 4.78 is 5.26. The van der Waals surface area contributed by atoms with Gasteiger partial charge in [-0.3, -0.25) is 0 Å². The molecule has 0 bridgehead atoms. The zero-order valence-corrected chi connectivity index (χ0v) is 13.0. The van der Waals surface area contributed by atoms with Gasteiger partial charge in [-0.2, -0.15) is 0 Å². The zero-order valence-electron chi connectivity index (χ0n) is 12.3. The number of hydrogen-bond donors (Lipinski definition) is 1. The molecule has 0 radical (unpaired) electrons. The fraction of sp³-hybridized carbons (Fsp3) is 0.294. The molecule has 0 unspecified atom stereocenters. The van der Waals surface area contributed by atoms with Crippen molar-refractivity contribution in [2.45, 2.75) is 13.0 Å². The highest BCUT2D eigenvalue weighted by Crippen LogP contribution is 2.42. The minimum Gasteiger partial charge on any atom is -1.00 e. The summed E-state index contributed by atoms with van der Waals surface area (Å²) in [6.45, 7) is 1.85. The lowest BCUT2D eigenvalue weighted by molar-refractivity contribution is -0.00000521. The monoisotopic (exact) mass is 304 g/mol. The molecule has 2 aromatic rings. The molecule has 3 rings (SSSR count). The minimum absolute atomic E-state index is 0. The van der Waals surface area contributed by atoms with Crippen molar-refractivity contribution in [1.82, 2.24) is 4.90 Å². The van der Waals surface area contributed by atoms with Gasteiger partial charge in [-0.1, -0.05) is 30.3 Å². The number of ether oxygens (including phenoxy) is 1.